The number of hydrogen-bond donors (Lipinski definition) is 1. The molecule has 1 aliphatic carbocycles. The van der Waals surface area contributed by atoms with Gasteiger partial charge in [-0.25, -0.2) is 8.42 Å². The lowest BCUT2D eigenvalue weighted by Crippen LogP contribution is -2.53. The maximum atomic E-state index is 13.4. The molecule has 0 saturated heterocycles. The molecule has 1 saturated carbocycles. The van der Waals surface area contributed by atoms with Gasteiger partial charge in [-0.2, -0.15) is 4.31 Å². The lowest BCUT2D eigenvalue weighted by Gasteiger charge is -2.32. The van der Waals surface area contributed by atoms with Crippen LogP contribution in [0.1, 0.15) is 50.2 Å². The molecule has 0 radical (unpaired) electrons. The minimum absolute atomic E-state index is 0.134. The van der Waals surface area contributed by atoms with E-state index >= 15 is 0 Å². The molecule has 0 heterocycles. The molecule has 1 aliphatic rings. The Kier molecular flexibility index (Phi) is 9.46. The Hall–Kier alpha value is -2.71. The number of nitrogens with zero attached hydrogens (tertiary/aromatic N) is 2. The fourth-order valence-electron chi connectivity index (χ4n) is 4.40. The zero-order valence-corrected chi connectivity index (χ0v) is 21.8. The van der Waals surface area contributed by atoms with Gasteiger partial charge in [0.1, 0.15) is 6.04 Å². The first kappa shape index (κ1) is 26.9. The van der Waals surface area contributed by atoms with Crippen molar-refractivity contribution in [3.8, 4) is 0 Å². The molecule has 1 N–H and O–H groups in total. The highest BCUT2D eigenvalue weighted by molar-refractivity contribution is 7.89. The molecule has 7 nitrogen and oxygen atoms in total. The van der Waals surface area contributed by atoms with Crippen molar-refractivity contribution in [2.75, 3.05) is 20.1 Å². The van der Waals surface area contributed by atoms with Gasteiger partial charge < -0.3 is 10.2 Å². The van der Waals surface area contributed by atoms with Crippen LogP contribution >= 0.6 is 0 Å². The van der Waals surface area contributed by atoms with Crippen LogP contribution in [0.4, 0.5) is 0 Å². The van der Waals surface area contributed by atoms with Crippen molar-refractivity contribution in [3.63, 3.8) is 0 Å². The van der Waals surface area contributed by atoms with E-state index in [1.54, 1.807) is 31.2 Å². The zero-order chi connectivity index (χ0) is 25.4. The van der Waals surface area contributed by atoms with Gasteiger partial charge in [0.25, 0.3) is 0 Å². The first-order chi connectivity index (χ1) is 16.7. The number of aryl methyl sites for hydroxylation is 1. The number of nitrogens with one attached hydrogen (secondary N) is 1. The van der Waals surface area contributed by atoms with Crippen LogP contribution in [0.15, 0.2) is 59.5 Å². The van der Waals surface area contributed by atoms with Gasteiger partial charge in [0, 0.05) is 19.6 Å². The van der Waals surface area contributed by atoms with Gasteiger partial charge in [0.15, 0.2) is 0 Å². The monoisotopic (exact) mass is 499 g/mol. The van der Waals surface area contributed by atoms with Crippen LogP contribution in [-0.4, -0.2) is 61.7 Å². The fourth-order valence-corrected chi connectivity index (χ4v) is 5.52. The molecule has 3 rings (SSSR count). The van der Waals surface area contributed by atoms with Gasteiger partial charge in [-0.1, -0.05) is 67.3 Å². The molecule has 2 aromatic rings. The van der Waals surface area contributed by atoms with Gasteiger partial charge in [0.05, 0.1) is 11.4 Å². The third-order valence-corrected chi connectivity index (χ3v) is 8.51. The van der Waals surface area contributed by atoms with E-state index in [9.17, 15) is 18.0 Å². The Bertz CT molecular complexity index is 1080. The Morgan fingerprint density at radius 3 is 2.26 bits per heavy atom. The average molecular weight is 500 g/mol. The SMILES string of the molecule is Cc1ccc(S(=O)(=O)N(C)CC(=O)N(CCc2ccccc2)[C@H](C)C(=O)NC2CCCCC2)cc1. The topological polar surface area (TPSA) is 86.8 Å². The molecule has 0 spiro atoms. The smallest absolute Gasteiger partial charge is 0.243 e. The van der Waals surface area contributed by atoms with Gasteiger partial charge in [-0.05, 0) is 50.8 Å². The molecule has 35 heavy (non-hydrogen) atoms. The van der Waals surface area contributed by atoms with Crippen LogP contribution in [0.3, 0.4) is 0 Å². The predicted molar refractivity (Wildman–Crippen MR) is 137 cm³/mol. The third-order valence-electron chi connectivity index (χ3n) is 6.69. The van der Waals surface area contributed by atoms with Crippen LogP contribution in [0.5, 0.6) is 0 Å². The fraction of sp³-hybridized carbons (Fsp3) is 0.481. The van der Waals surface area contributed by atoms with Crippen molar-refractivity contribution >= 4 is 21.8 Å². The number of rotatable bonds is 10. The molecule has 0 bridgehead atoms. The Morgan fingerprint density at radius 2 is 1.63 bits per heavy atom. The van der Waals surface area contributed by atoms with Crippen molar-refractivity contribution in [3.05, 3.63) is 65.7 Å². The lowest BCUT2D eigenvalue weighted by atomic mass is 9.95. The first-order valence-electron chi connectivity index (χ1n) is 12.4. The summed E-state index contributed by atoms with van der Waals surface area (Å²) in [5, 5.41) is 3.10. The van der Waals surface area contributed by atoms with E-state index in [0.717, 1.165) is 41.1 Å². The summed E-state index contributed by atoms with van der Waals surface area (Å²) in [6.07, 6.45) is 5.85. The van der Waals surface area contributed by atoms with Crippen molar-refractivity contribution < 1.29 is 18.0 Å². The molecular weight excluding hydrogens is 462 g/mol. The summed E-state index contributed by atoms with van der Waals surface area (Å²) >= 11 is 0. The molecule has 0 unspecified atom stereocenters. The van der Waals surface area contributed by atoms with E-state index in [4.69, 9.17) is 0 Å². The largest absolute Gasteiger partial charge is 0.352 e. The van der Waals surface area contributed by atoms with Gasteiger partial charge in [0.2, 0.25) is 21.8 Å². The van der Waals surface area contributed by atoms with Crippen LogP contribution in [-0.2, 0) is 26.0 Å². The maximum absolute atomic E-state index is 13.4. The highest BCUT2D eigenvalue weighted by Gasteiger charge is 2.31. The average Bonchev–Trinajstić information content (AvgIpc) is 2.85. The second kappa shape index (κ2) is 12.3. The summed E-state index contributed by atoms with van der Waals surface area (Å²) in [6.45, 7) is 3.58. The quantitative estimate of drug-likeness (QED) is 0.542. The highest BCUT2D eigenvalue weighted by Crippen LogP contribution is 2.19. The number of sulfonamides is 1. The summed E-state index contributed by atoms with van der Waals surface area (Å²) in [5.41, 5.74) is 2.00. The van der Waals surface area contributed by atoms with Crippen molar-refractivity contribution in [1.29, 1.82) is 0 Å². The lowest BCUT2D eigenvalue weighted by molar-refractivity contribution is -0.140. The molecule has 0 aliphatic heterocycles. The van der Waals surface area contributed by atoms with E-state index in [0.29, 0.717) is 13.0 Å². The van der Waals surface area contributed by atoms with E-state index < -0.39 is 22.0 Å². The zero-order valence-electron chi connectivity index (χ0n) is 20.9. The second-order valence-corrected chi connectivity index (χ2v) is 11.5. The Labute approximate surface area is 209 Å². The van der Waals surface area contributed by atoms with E-state index in [1.807, 2.05) is 37.3 Å². The molecule has 190 valence electrons. The minimum Gasteiger partial charge on any atom is -0.352 e. The van der Waals surface area contributed by atoms with Gasteiger partial charge in [-0.3, -0.25) is 9.59 Å². The van der Waals surface area contributed by atoms with E-state index in [-0.39, 0.29) is 23.4 Å². The highest BCUT2D eigenvalue weighted by atomic mass is 32.2. The van der Waals surface area contributed by atoms with Gasteiger partial charge >= 0.3 is 0 Å². The summed E-state index contributed by atoms with van der Waals surface area (Å²) in [5.74, 6) is -0.590. The summed E-state index contributed by atoms with van der Waals surface area (Å²) in [4.78, 5) is 28.1. The standard InChI is InChI=1S/C27H37N3O4S/c1-21-14-16-25(17-15-21)35(33,34)29(3)20-26(31)30(19-18-23-10-6-4-7-11-23)22(2)27(32)28-24-12-8-5-9-13-24/h4,6-7,10-11,14-17,22,24H,5,8-9,12-13,18-20H2,1-3H3,(H,28,32)/t22-/m1/s1. The minimum atomic E-state index is -3.83. The number of benzene rings is 2. The number of amides is 2. The molecular formula is C27H37N3O4S. The Balaban J connectivity index is 1.73. The number of carbonyl (C=O) groups is 2. The molecule has 2 aromatic carbocycles. The third kappa shape index (κ3) is 7.39. The number of hydrogen-bond acceptors (Lipinski definition) is 4. The normalized spacial score (nSPS) is 15.5. The summed E-state index contributed by atoms with van der Waals surface area (Å²) in [7, 11) is -2.44. The van der Waals surface area contributed by atoms with Crippen LogP contribution in [0.25, 0.3) is 0 Å². The molecule has 2 amide bonds. The summed E-state index contributed by atoms with van der Waals surface area (Å²) < 4.78 is 27.1. The molecule has 8 heteroatoms. The first-order valence-corrected chi connectivity index (χ1v) is 13.8. The molecule has 1 fully saturated rings. The van der Waals surface area contributed by atoms with E-state index in [1.165, 1.54) is 18.4 Å². The maximum Gasteiger partial charge on any atom is 0.243 e. The number of likely N-dealkylation sites (N-methyl/N-ethyl adjacent to an activating group) is 1. The van der Waals surface area contributed by atoms with Crippen LogP contribution < -0.4 is 5.32 Å². The second-order valence-electron chi connectivity index (χ2n) is 9.42. The van der Waals surface area contributed by atoms with Crippen molar-refractivity contribution in [1.82, 2.24) is 14.5 Å². The molecule has 0 aromatic heterocycles. The van der Waals surface area contributed by atoms with Gasteiger partial charge in [-0.15, -0.1) is 0 Å². The molecule has 1 atom stereocenters. The predicted octanol–water partition coefficient (Wildman–Crippen LogP) is 3.52. The van der Waals surface area contributed by atoms with Crippen molar-refractivity contribution in [2.45, 2.75) is 69.4 Å². The Morgan fingerprint density at radius 1 is 1.00 bits per heavy atom. The number of carbonyl (C=O) groups excluding carboxylic acids is 2. The van der Waals surface area contributed by atoms with Crippen molar-refractivity contribution in [2.24, 2.45) is 0 Å². The van der Waals surface area contributed by atoms with E-state index in [2.05, 4.69) is 5.32 Å². The van der Waals surface area contributed by atoms with Crippen LogP contribution in [0.2, 0.25) is 0 Å². The summed E-state index contributed by atoms with van der Waals surface area (Å²) in [6, 6.07) is 15.7. The van der Waals surface area contributed by atoms with Crippen LogP contribution in [0, 0.1) is 6.92 Å².